The molecule has 3 fully saturated rings. The summed E-state index contributed by atoms with van der Waals surface area (Å²) in [5.74, 6) is -1.82. The van der Waals surface area contributed by atoms with Crippen molar-refractivity contribution in [3.8, 4) is 0 Å². The van der Waals surface area contributed by atoms with Gasteiger partial charge in [-0.15, -0.1) is 11.6 Å². The van der Waals surface area contributed by atoms with Gasteiger partial charge in [-0.1, -0.05) is 36.4 Å². The van der Waals surface area contributed by atoms with E-state index in [4.69, 9.17) is 11.6 Å². The number of hydrogen-bond acceptors (Lipinski definition) is 6. The summed E-state index contributed by atoms with van der Waals surface area (Å²) in [6, 6.07) is 13.7. The highest BCUT2D eigenvalue weighted by atomic mass is 35.5. The van der Waals surface area contributed by atoms with Crippen LogP contribution in [-0.2, 0) is 19.7 Å². The fraction of sp³-hybridized carbons (Fsp3) is 0.400. The molecule has 6 atom stereocenters. The van der Waals surface area contributed by atoms with Crippen LogP contribution in [0.2, 0.25) is 0 Å². The van der Waals surface area contributed by atoms with Crippen molar-refractivity contribution < 1.29 is 21.8 Å². The molecule has 0 N–H and O–H groups in total. The number of nitro groups is 1. The quantitative estimate of drug-likeness (QED) is 0.378. The molecule has 7 nitrogen and oxygen atoms in total. The second-order valence-corrected chi connectivity index (χ2v) is 12.5. The molecule has 5 rings (SSSR count). The lowest BCUT2D eigenvalue weighted by molar-refractivity contribution is -0.538. The highest BCUT2D eigenvalue weighted by Gasteiger charge is 2.66. The molecule has 0 unspecified atom stereocenters. The normalized spacial score (nSPS) is 31.4. The number of alkyl halides is 1. The fourth-order valence-electron chi connectivity index (χ4n) is 5.02. The number of rotatable bonds is 5. The summed E-state index contributed by atoms with van der Waals surface area (Å²) in [6.45, 7) is 0. The van der Waals surface area contributed by atoms with Gasteiger partial charge in [0.2, 0.25) is 6.04 Å². The Balaban J connectivity index is 1.82. The van der Waals surface area contributed by atoms with Gasteiger partial charge in [0.15, 0.2) is 19.7 Å². The van der Waals surface area contributed by atoms with E-state index in [-0.39, 0.29) is 16.2 Å². The van der Waals surface area contributed by atoms with Gasteiger partial charge in [-0.2, -0.15) is 0 Å². The van der Waals surface area contributed by atoms with Crippen molar-refractivity contribution in [3.63, 3.8) is 0 Å². The van der Waals surface area contributed by atoms with E-state index >= 15 is 0 Å². The minimum atomic E-state index is -4.07. The molecule has 160 valence electrons. The van der Waals surface area contributed by atoms with E-state index in [1.807, 2.05) is 0 Å². The molecule has 3 aliphatic carbocycles. The minimum Gasteiger partial charge on any atom is -0.264 e. The number of halogens is 1. The van der Waals surface area contributed by atoms with Crippen LogP contribution in [-0.4, -0.2) is 43.7 Å². The van der Waals surface area contributed by atoms with Gasteiger partial charge in [-0.25, -0.2) is 16.8 Å². The maximum absolute atomic E-state index is 13.4. The maximum Gasteiger partial charge on any atom is 0.234 e. The van der Waals surface area contributed by atoms with Crippen molar-refractivity contribution in [2.24, 2.45) is 11.8 Å². The molecule has 3 saturated carbocycles. The monoisotopic (exact) mass is 469 g/mol. The van der Waals surface area contributed by atoms with E-state index in [1.165, 1.54) is 24.3 Å². The van der Waals surface area contributed by atoms with E-state index in [1.54, 1.807) is 36.4 Å². The minimum absolute atomic E-state index is 0.0132. The SMILES string of the molecule is O=[N+]([O-])[C@@H]1[C@H]2CC[C@H]([C@@H](Cl)[C@@H]2S(=O)(=O)c2ccccc2)[C@H]1S(=O)(=O)c1ccccc1. The number of sulfone groups is 2. The molecule has 2 bridgehead atoms. The molecule has 0 aromatic heterocycles. The number of benzene rings is 2. The summed E-state index contributed by atoms with van der Waals surface area (Å²) < 4.78 is 53.4. The van der Waals surface area contributed by atoms with Gasteiger partial charge in [-0.05, 0) is 37.1 Å². The summed E-state index contributed by atoms with van der Waals surface area (Å²) >= 11 is 6.61. The predicted octanol–water partition coefficient (Wildman–Crippen LogP) is 2.96. The molecule has 0 aliphatic heterocycles. The molecule has 2 aromatic rings. The van der Waals surface area contributed by atoms with E-state index in [2.05, 4.69) is 0 Å². The average Bonchev–Trinajstić information content (AvgIpc) is 2.74. The average molecular weight is 470 g/mol. The summed E-state index contributed by atoms with van der Waals surface area (Å²) in [5, 5.41) is 8.44. The van der Waals surface area contributed by atoms with Crippen LogP contribution >= 0.6 is 11.6 Å². The Kier molecular flexibility index (Phi) is 5.40. The van der Waals surface area contributed by atoms with E-state index < -0.39 is 58.4 Å². The fourth-order valence-corrected chi connectivity index (χ4v) is 10.4. The second kappa shape index (κ2) is 7.62. The highest BCUT2D eigenvalue weighted by molar-refractivity contribution is 7.92. The first-order chi connectivity index (χ1) is 14.2. The number of nitrogens with zero attached hydrogens (tertiary/aromatic N) is 1. The Labute approximate surface area is 180 Å². The Bertz CT molecular complexity index is 1150. The lowest BCUT2D eigenvalue weighted by atomic mass is 9.67. The van der Waals surface area contributed by atoms with Gasteiger partial charge in [0, 0.05) is 16.8 Å². The van der Waals surface area contributed by atoms with Crippen LogP contribution in [0.3, 0.4) is 0 Å². The highest BCUT2D eigenvalue weighted by Crippen LogP contribution is 2.52. The van der Waals surface area contributed by atoms with Gasteiger partial charge in [0.1, 0.15) is 5.25 Å². The zero-order valence-corrected chi connectivity index (χ0v) is 18.1. The van der Waals surface area contributed by atoms with Crippen LogP contribution in [0.5, 0.6) is 0 Å². The smallest absolute Gasteiger partial charge is 0.234 e. The van der Waals surface area contributed by atoms with E-state index in [0.717, 1.165) is 0 Å². The number of hydrogen-bond donors (Lipinski definition) is 0. The molecule has 0 amide bonds. The van der Waals surface area contributed by atoms with Gasteiger partial charge < -0.3 is 0 Å². The lowest BCUT2D eigenvalue weighted by Gasteiger charge is -2.49. The molecular weight excluding hydrogens is 450 g/mol. The standard InChI is InChI=1S/C20H20ClNO6S2/c21-17-15-11-12-16(19(17)29(25,26)13-7-3-1-4-8-13)18(22(23)24)20(15)30(27,28)14-9-5-2-6-10-14/h1-10,15-20H,11-12H2/t15-,16-,17-,18-,19-,20-/m1/s1. The summed E-state index contributed by atoms with van der Waals surface area (Å²) in [6.07, 6.45) is 0.581. The van der Waals surface area contributed by atoms with Gasteiger partial charge >= 0.3 is 0 Å². The predicted molar refractivity (Wildman–Crippen MR) is 111 cm³/mol. The zero-order chi connectivity index (χ0) is 21.7. The third kappa shape index (κ3) is 3.23. The Morgan fingerprint density at radius 2 is 1.20 bits per heavy atom. The second-order valence-electron chi connectivity index (χ2n) is 7.77. The summed E-state index contributed by atoms with van der Waals surface area (Å²) in [5.41, 5.74) is 0. The Morgan fingerprint density at radius 1 is 0.767 bits per heavy atom. The Hall–Kier alpha value is -1.97. The third-order valence-corrected chi connectivity index (χ3v) is 11.6. The van der Waals surface area contributed by atoms with Crippen molar-refractivity contribution in [2.45, 2.75) is 44.6 Å². The molecule has 0 spiro atoms. The van der Waals surface area contributed by atoms with Crippen LogP contribution in [0.4, 0.5) is 0 Å². The first-order valence-corrected chi connectivity index (χ1v) is 13.1. The third-order valence-electron chi connectivity index (χ3n) is 6.28. The topological polar surface area (TPSA) is 111 Å². The lowest BCUT2D eigenvalue weighted by Crippen LogP contribution is -2.66. The van der Waals surface area contributed by atoms with Crippen molar-refractivity contribution >= 4 is 31.3 Å². The molecule has 2 aromatic carbocycles. The van der Waals surface area contributed by atoms with Crippen LogP contribution in [0.15, 0.2) is 70.5 Å². The first-order valence-electron chi connectivity index (χ1n) is 9.53. The summed E-state index contributed by atoms with van der Waals surface area (Å²) in [4.78, 5) is 11.5. The van der Waals surface area contributed by atoms with Crippen LogP contribution in [0.1, 0.15) is 12.8 Å². The van der Waals surface area contributed by atoms with Gasteiger partial charge in [0.05, 0.1) is 20.4 Å². The van der Waals surface area contributed by atoms with Crippen molar-refractivity contribution in [2.75, 3.05) is 0 Å². The molecule has 30 heavy (non-hydrogen) atoms. The van der Waals surface area contributed by atoms with E-state index in [9.17, 15) is 26.9 Å². The van der Waals surface area contributed by atoms with Gasteiger partial charge in [-0.3, -0.25) is 10.1 Å². The molecular formula is C20H20ClNO6S2. The van der Waals surface area contributed by atoms with Crippen molar-refractivity contribution in [3.05, 3.63) is 70.8 Å². The molecule has 0 radical (unpaired) electrons. The number of fused-ring (bicyclic) bond motifs is 3. The summed E-state index contributed by atoms with van der Waals surface area (Å²) in [7, 11) is -8.05. The van der Waals surface area contributed by atoms with Gasteiger partial charge in [0.25, 0.3) is 0 Å². The maximum atomic E-state index is 13.4. The molecule has 10 heteroatoms. The van der Waals surface area contributed by atoms with Crippen LogP contribution < -0.4 is 0 Å². The first kappa shape index (κ1) is 21.3. The van der Waals surface area contributed by atoms with Crippen molar-refractivity contribution in [1.82, 2.24) is 0 Å². The van der Waals surface area contributed by atoms with Crippen LogP contribution in [0.25, 0.3) is 0 Å². The molecule has 3 aliphatic rings. The largest absolute Gasteiger partial charge is 0.264 e. The molecule has 0 heterocycles. The molecule has 0 saturated heterocycles. The van der Waals surface area contributed by atoms with Crippen LogP contribution in [0, 0.1) is 22.0 Å². The van der Waals surface area contributed by atoms with E-state index in [0.29, 0.717) is 6.42 Å². The van der Waals surface area contributed by atoms with Crippen molar-refractivity contribution in [1.29, 1.82) is 0 Å². The Morgan fingerprint density at radius 3 is 1.67 bits per heavy atom. The zero-order valence-electron chi connectivity index (χ0n) is 15.7.